The largest absolute Gasteiger partial charge is 0.507 e. The van der Waals surface area contributed by atoms with Crippen molar-refractivity contribution in [3.63, 3.8) is 0 Å². The summed E-state index contributed by atoms with van der Waals surface area (Å²) in [6, 6.07) is 8.46. The first kappa shape index (κ1) is 15.9. The Morgan fingerprint density at radius 3 is 2.42 bits per heavy atom. The molecule has 0 atom stereocenters. The Morgan fingerprint density at radius 2 is 1.71 bits per heavy atom. The van der Waals surface area contributed by atoms with Gasteiger partial charge in [-0.1, -0.05) is 0 Å². The minimum absolute atomic E-state index is 0.0130. The predicted molar refractivity (Wildman–Crippen MR) is 93.6 cm³/mol. The predicted octanol–water partition coefficient (Wildman–Crippen LogP) is 3.54. The van der Waals surface area contributed by atoms with Gasteiger partial charge in [-0.3, -0.25) is 4.79 Å². The van der Waals surface area contributed by atoms with Crippen LogP contribution < -0.4 is 16.0 Å². The molecule has 0 aromatic heterocycles. The lowest BCUT2D eigenvalue weighted by molar-refractivity contribution is -0.116. The first-order valence-corrected chi connectivity index (χ1v) is 7.73. The third kappa shape index (κ3) is 3.32. The monoisotopic (exact) mass is 325 g/mol. The number of phenols is 1. The van der Waals surface area contributed by atoms with E-state index >= 15 is 0 Å². The molecule has 6 heteroatoms. The van der Waals surface area contributed by atoms with Gasteiger partial charge in [0.15, 0.2) is 0 Å². The SMILES string of the molecule is Cc1cc(NC(=O)Nc2ccc3c(c2)CCC(=O)N3)cc(C)c1O. The summed E-state index contributed by atoms with van der Waals surface area (Å²) < 4.78 is 0. The van der Waals surface area contributed by atoms with Crippen molar-refractivity contribution in [1.29, 1.82) is 0 Å². The van der Waals surface area contributed by atoms with Crippen LogP contribution in [0.15, 0.2) is 30.3 Å². The minimum Gasteiger partial charge on any atom is -0.507 e. The molecule has 2 aromatic rings. The lowest BCUT2D eigenvalue weighted by Crippen LogP contribution is -2.21. The van der Waals surface area contributed by atoms with Gasteiger partial charge in [0.05, 0.1) is 0 Å². The number of aryl methyl sites for hydroxylation is 3. The van der Waals surface area contributed by atoms with E-state index in [0.29, 0.717) is 35.3 Å². The van der Waals surface area contributed by atoms with Crippen LogP contribution in [0, 0.1) is 13.8 Å². The number of hydrogen-bond acceptors (Lipinski definition) is 3. The highest BCUT2D eigenvalue weighted by molar-refractivity contribution is 6.00. The van der Waals surface area contributed by atoms with Crippen LogP contribution in [0.5, 0.6) is 5.75 Å². The molecule has 0 spiro atoms. The van der Waals surface area contributed by atoms with Crippen LogP contribution in [0.4, 0.5) is 21.9 Å². The molecule has 4 N–H and O–H groups in total. The number of benzene rings is 2. The average Bonchev–Trinajstić information content (AvgIpc) is 2.52. The maximum Gasteiger partial charge on any atom is 0.323 e. The van der Waals surface area contributed by atoms with Crippen molar-refractivity contribution < 1.29 is 14.7 Å². The van der Waals surface area contributed by atoms with Crippen LogP contribution in [0.25, 0.3) is 0 Å². The van der Waals surface area contributed by atoms with Gasteiger partial charge in [-0.15, -0.1) is 0 Å². The molecule has 3 amide bonds. The van der Waals surface area contributed by atoms with E-state index in [4.69, 9.17) is 0 Å². The molecule has 1 heterocycles. The van der Waals surface area contributed by atoms with Crippen LogP contribution in [-0.2, 0) is 11.2 Å². The first-order valence-electron chi connectivity index (χ1n) is 7.73. The summed E-state index contributed by atoms with van der Waals surface area (Å²) in [6.07, 6.45) is 1.11. The Morgan fingerprint density at radius 1 is 1.04 bits per heavy atom. The van der Waals surface area contributed by atoms with Crippen LogP contribution in [-0.4, -0.2) is 17.0 Å². The molecule has 124 valence electrons. The molecule has 1 aliphatic heterocycles. The normalized spacial score (nSPS) is 13.0. The summed E-state index contributed by atoms with van der Waals surface area (Å²) in [7, 11) is 0. The standard InChI is InChI=1S/C18H19N3O3/c1-10-7-14(8-11(2)17(10)23)20-18(24)19-13-4-5-15-12(9-13)3-6-16(22)21-15/h4-5,7-9,23H,3,6H2,1-2H3,(H,21,22)(H2,19,20,24). The zero-order valence-electron chi connectivity index (χ0n) is 13.6. The van der Waals surface area contributed by atoms with Crippen molar-refractivity contribution in [3.8, 4) is 5.75 Å². The molecule has 0 bridgehead atoms. The maximum absolute atomic E-state index is 12.2. The van der Waals surface area contributed by atoms with Crippen molar-refractivity contribution in [2.45, 2.75) is 26.7 Å². The van der Waals surface area contributed by atoms with E-state index in [-0.39, 0.29) is 17.7 Å². The number of carbonyl (C=O) groups excluding carboxylic acids is 2. The van der Waals surface area contributed by atoms with E-state index in [1.165, 1.54) is 0 Å². The second-order valence-electron chi connectivity index (χ2n) is 5.96. The molecule has 0 aliphatic carbocycles. The fourth-order valence-electron chi connectivity index (χ4n) is 2.78. The van der Waals surface area contributed by atoms with Crippen LogP contribution in [0.3, 0.4) is 0 Å². The van der Waals surface area contributed by atoms with Crippen molar-refractivity contribution in [2.24, 2.45) is 0 Å². The molecule has 3 rings (SSSR count). The Labute approximate surface area is 139 Å². The molecule has 0 fully saturated rings. The minimum atomic E-state index is -0.362. The number of carbonyl (C=O) groups is 2. The summed E-state index contributed by atoms with van der Waals surface area (Å²) in [5.74, 6) is 0.247. The highest BCUT2D eigenvalue weighted by Gasteiger charge is 2.15. The van der Waals surface area contributed by atoms with Crippen molar-refractivity contribution in [2.75, 3.05) is 16.0 Å². The zero-order valence-corrected chi connectivity index (χ0v) is 13.6. The second-order valence-corrected chi connectivity index (χ2v) is 5.96. The first-order chi connectivity index (χ1) is 11.4. The van der Waals surface area contributed by atoms with Crippen molar-refractivity contribution in [3.05, 3.63) is 47.0 Å². The molecule has 2 aromatic carbocycles. The van der Waals surface area contributed by atoms with Crippen molar-refractivity contribution >= 4 is 29.0 Å². The summed E-state index contributed by atoms with van der Waals surface area (Å²) in [5, 5.41) is 18.1. The maximum atomic E-state index is 12.2. The van der Waals surface area contributed by atoms with Gasteiger partial charge < -0.3 is 21.1 Å². The number of aromatic hydroxyl groups is 1. The van der Waals surface area contributed by atoms with Crippen LogP contribution >= 0.6 is 0 Å². The Kier molecular flexibility index (Phi) is 4.12. The Bertz CT molecular complexity index is 807. The van der Waals surface area contributed by atoms with E-state index in [1.807, 2.05) is 6.07 Å². The van der Waals surface area contributed by atoms with E-state index < -0.39 is 0 Å². The molecular formula is C18H19N3O3. The molecular weight excluding hydrogens is 306 g/mol. The lowest BCUT2D eigenvalue weighted by atomic mass is 10.0. The highest BCUT2D eigenvalue weighted by atomic mass is 16.3. The number of nitrogens with one attached hydrogen (secondary N) is 3. The number of anilines is 3. The van der Waals surface area contributed by atoms with Gasteiger partial charge in [-0.25, -0.2) is 4.79 Å². The second kappa shape index (κ2) is 6.23. The van der Waals surface area contributed by atoms with Gasteiger partial charge in [-0.05, 0) is 67.3 Å². The van der Waals surface area contributed by atoms with Crippen molar-refractivity contribution in [1.82, 2.24) is 0 Å². The summed E-state index contributed by atoms with van der Waals surface area (Å²) in [4.78, 5) is 23.5. The number of fused-ring (bicyclic) bond motifs is 1. The van der Waals surface area contributed by atoms with Gasteiger partial charge in [0.2, 0.25) is 5.91 Å². The number of amides is 3. The third-order valence-electron chi connectivity index (χ3n) is 4.01. The number of phenolic OH excluding ortho intramolecular Hbond substituents is 1. The summed E-state index contributed by atoms with van der Waals surface area (Å²) in [6.45, 7) is 3.56. The molecule has 0 unspecified atom stereocenters. The average molecular weight is 325 g/mol. The number of hydrogen-bond donors (Lipinski definition) is 4. The van der Waals surface area contributed by atoms with E-state index in [2.05, 4.69) is 16.0 Å². The zero-order chi connectivity index (χ0) is 17.3. The molecule has 0 radical (unpaired) electrons. The van der Waals surface area contributed by atoms with E-state index in [0.717, 1.165) is 11.3 Å². The molecule has 6 nitrogen and oxygen atoms in total. The summed E-state index contributed by atoms with van der Waals surface area (Å²) in [5.41, 5.74) is 4.48. The van der Waals surface area contributed by atoms with E-state index in [1.54, 1.807) is 38.1 Å². The highest BCUT2D eigenvalue weighted by Crippen LogP contribution is 2.27. The molecule has 1 aliphatic rings. The Hall–Kier alpha value is -3.02. The lowest BCUT2D eigenvalue weighted by Gasteiger charge is -2.18. The fraction of sp³-hybridized carbons (Fsp3) is 0.222. The quantitative estimate of drug-likeness (QED) is 0.637. The smallest absolute Gasteiger partial charge is 0.323 e. The van der Waals surface area contributed by atoms with Crippen LogP contribution in [0.1, 0.15) is 23.1 Å². The fourth-order valence-corrected chi connectivity index (χ4v) is 2.78. The Balaban J connectivity index is 1.70. The molecule has 24 heavy (non-hydrogen) atoms. The molecule has 0 saturated heterocycles. The summed E-state index contributed by atoms with van der Waals surface area (Å²) >= 11 is 0. The number of rotatable bonds is 2. The van der Waals surface area contributed by atoms with Gasteiger partial charge in [0.1, 0.15) is 5.75 Å². The van der Waals surface area contributed by atoms with Gasteiger partial charge in [0.25, 0.3) is 0 Å². The van der Waals surface area contributed by atoms with Crippen LogP contribution in [0.2, 0.25) is 0 Å². The van der Waals surface area contributed by atoms with Gasteiger partial charge in [0, 0.05) is 23.5 Å². The van der Waals surface area contributed by atoms with Gasteiger partial charge in [-0.2, -0.15) is 0 Å². The number of urea groups is 1. The van der Waals surface area contributed by atoms with Gasteiger partial charge >= 0.3 is 6.03 Å². The van der Waals surface area contributed by atoms with E-state index in [9.17, 15) is 14.7 Å². The molecule has 0 saturated carbocycles. The third-order valence-corrected chi connectivity index (χ3v) is 4.01. The topological polar surface area (TPSA) is 90.5 Å².